The van der Waals surface area contributed by atoms with Crippen LogP contribution >= 0.6 is 0 Å². The number of nitrogens with zero attached hydrogens (tertiary/aromatic N) is 2. The molecule has 0 aliphatic carbocycles. The van der Waals surface area contributed by atoms with Crippen LogP contribution in [0.2, 0.25) is 0 Å². The standard InChI is InChI=1S/C14H27N3O2/c1-10-8-11(6-7-16(10)2)17(3)14(18)13-5-4-12(9-15)19-13/h10-13H,4-9,15H2,1-3H3/t10?,11?,12-,13+/m1/s1. The second-order valence-corrected chi connectivity index (χ2v) is 6.02. The Morgan fingerprint density at radius 1 is 1.42 bits per heavy atom. The van der Waals surface area contributed by atoms with Gasteiger partial charge in [-0.15, -0.1) is 0 Å². The fourth-order valence-corrected chi connectivity index (χ4v) is 3.08. The second kappa shape index (κ2) is 6.20. The van der Waals surface area contributed by atoms with Crippen LogP contribution in [-0.2, 0) is 9.53 Å². The largest absolute Gasteiger partial charge is 0.364 e. The number of rotatable bonds is 3. The van der Waals surface area contributed by atoms with Crippen molar-refractivity contribution >= 4 is 5.91 Å². The van der Waals surface area contributed by atoms with Crippen LogP contribution in [0.4, 0.5) is 0 Å². The molecular formula is C14H27N3O2. The smallest absolute Gasteiger partial charge is 0.251 e. The fraction of sp³-hybridized carbons (Fsp3) is 0.929. The predicted octanol–water partition coefficient (Wildman–Crippen LogP) is 0.434. The molecule has 0 aromatic heterocycles. The van der Waals surface area contributed by atoms with E-state index in [0.717, 1.165) is 32.2 Å². The number of hydrogen-bond donors (Lipinski definition) is 1. The van der Waals surface area contributed by atoms with E-state index in [0.29, 0.717) is 18.6 Å². The quantitative estimate of drug-likeness (QED) is 0.807. The number of nitrogens with two attached hydrogens (primary N) is 1. The minimum absolute atomic E-state index is 0.0683. The Hall–Kier alpha value is -0.650. The maximum absolute atomic E-state index is 12.4. The summed E-state index contributed by atoms with van der Waals surface area (Å²) >= 11 is 0. The van der Waals surface area contributed by atoms with Crippen molar-refractivity contribution in [1.29, 1.82) is 0 Å². The molecule has 2 heterocycles. The third-order valence-electron chi connectivity index (χ3n) is 4.72. The summed E-state index contributed by atoms with van der Waals surface area (Å²) in [4.78, 5) is 16.7. The van der Waals surface area contributed by atoms with E-state index in [2.05, 4.69) is 18.9 Å². The van der Waals surface area contributed by atoms with Crippen LogP contribution < -0.4 is 5.73 Å². The molecule has 5 nitrogen and oxygen atoms in total. The highest BCUT2D eigenvalue weighted by Gasteiger charge is 2.35. The van der Waals surface area contributed by atoms with Crippen LogP contribution in [0.15, 0.2) is 0 Å². The second-order valence-electron chi connectivity index (χ2n) is 6.02. The first-order valence-electron chi connectivity index (χ1n) is 7.35. The molecule has 2 rings (SSSR count). The highest BCUT2D eigenvalue weighted by atomic mass is 16.5. The van der Waals surface area contributed by atoms with E-state index < -0.39 is 0 Å². The number of ether oxygens (including phenoxy) is 1. The van der Waals surface area contributed by atoms with E-state index in [4.69, 9.17) is 10.5 Å². The summed E-state index contributed by atoms with van der Waals surface area (Å²) in [6.45, 7) is 3.79. The maximum atomic E-state index is 12.4. The van der Waals surface area contributed by atoms with E-state index in [9.17, 15) is 4.79 Å². The van der Waals surface area contributed by atoms with Crippen LogP contribution in [0, 0.1) is 0 Å². The summed E-state index contributed by atoms with van der Waals surface area (Å²) in [5.41, 5.74) is 5.59. The summed E-state index contributed by atoms with van der Waals surface area (Å²) in [5, 5.41) is 0. The van der Waals surface area contributed by atoms with Crippen LogP contribution in [0.5, 0.6) is 0 Å². The first-order chi connectivity index (χ1) is 9.02. The van der Waals surface area contributed by atoms with E-state index in [-0.39, 0.29) is 18.1 Å². The molecule has 2 saturated heterocycles. The summed E-state index contributed by atoms with van der Waals surface area (Å²) in [7, 11) is 4.07. The third kappa shape index (κ3) is 3.27. The number of likely N-dealkylation sites (tertiary alicyclic amines) is 1. The lowest BCUT2D eigenvalue weighted by Crippen LogP contribution is -2.50. The van der Waals surface area contributed by atoms with Gasteiger partial charge >= 0.3 is 0 Å². The minimum atomic E-state index is -0.270. The van der Waals surface area contributed by atoms with Crippen molar-refractivity contribution in [2.45, 2.75) is 56.9 Å². The topological polar surface area (TPSA) is 58.8 Å². The van der Waals surface area contributed by atoms with Gasteiger partial charge in [-0.1, -0.05) is 0 Å². The van der Waals surface area contributed by atoms with Gasteiger partial charge in [-0.3, -0.25) is 4.79 Å². The fourth-order valence-electron chi connectivity index (χ4n) is 3.08. The molecule has 0 bridgehead atoms. The van der Waals surface area contributed by atoms with Gasteiger partial charge in [0.1, 0.15) is 6.10 Å². The number of likely N-dealkylation sites (N-methyl/N-ethyl adjacent to an activating group) is 1. The Balaban J connectivity index is 1.89. The number of carbonyl (C=O) groups is 1. The lowest BCUT2D eigenvalue weighted by Gasteiger charge is -2.40. The SMILES string of the molecule is CC1CC(N(C)C(=O)[C@@H]2CC[C@H](CN)O2)CCN1C. The first-order valence-corrected chi connectivity index (χ1v) is 7.35. The lowest BCUT2D eigenvalue weighted by molar-refractivity contribution is -0.144. The Bertz CT molecular complexity index is 324. The zero-order chi connectivity index (χ0) is 14.0. The molecule has 110 valence electrons. The Morgan fingerprint density at radius 2 is 2.16 bits per heavy atom. The molecule has 2 N–H and O–H groups in total. The van der Waals surface area contributed by atoms with Crippen molar-refractivity contribution in [1.82, 2.24) is 9.80 Å². The van der Waals surface area contributed by atoms with Gasteiger partial charge in [-0.25, -0.2) is 0 Å². The number of piperidine rings is 1. The van der Waals surface area contributed by atoms with E-state index in [1.807, 2.05) is 11.9 Å². The van der Waals surface area contributed by atoms with Crippen LogP contribution in [0.3, 0.4) is 0 Å². The summed E-state index contributed by atoms with van der Waals surface area (Å²) in [5.74, 6) is 0.137. The summed E-state index contributed by atoms with van der Waals surface area (Å²) in [6.07, 6.45) is 3.62. The van der Waals surface area contributed by atoms with Gasteiger partial charge in [-0.2, -0.15) is 0 Å². The van der Waals surface area contributed by atoms with Gasteiger partial charge in [0.25, 0.3) is 5.91 Å². The summed E-state index contributed by atoms with van der Waals surface area (Å²) < 4.78 is 5.71. The number of hydrogen-bond acceptors (Lipinski definition) is 4. The predicted molar refractivity (Wildman–Crippen MR) is 74.8 cm³/mol. The van der Waals surface area contributed by atoms with Crippen molar-refractivity contribution in [3.8, 4) is 0 Å². The Morgan fingerprint density at radius 3 is 2.74 bits per heavy atom. The normalized spacial score (nSPS) is 36.4. The molecule has 2 aliphatic heterocycles. The molecule has 0 aromatic rings. The maximum Gasteiger partial charge on any atom is 0.251 e. The van der Waals surface area contributed by atoms with Gasteiger partial charge < -0.3 is 20.3 Å². The van der Waals surface area contributed by atoms with Crippen molar-refractivity contribution in [3.63, 3.8) is 0 Å². The zero-order valence-electron chi connectivity index (χ0n) is 12.3. The molecule has 4 atom stereocenters. The zero-order valence-corrected chi connectivity index (χ0v) is 12.3. The molecule has 1 amide bonds. The van der Waals surface area contributed by atoms with Crippen molar-refractivity contribution in [2.24, 2.45) is 5.73 Å². The van der Waals surface area contributed by atoms with Gasteiger partial charge in [0.05, 0.1) is 6.10 Å². The van der Waals surface area contributed by atoms with Crippen LogP contribution in [0.1, 0.15) is 32.6 Å². The van der Waals surface area contributed by atoms with Gasteiger partial charge in [0.2, 0.25) is 0 Å². The first kappa shape index (κ1) is 14.8. The van der Waals surface area contributed by atoms with E-state index >= 15 is 0 Å². The molecule has 2 fully saturated rings. The Kier molecular flexibility index (Phi) is 4.81. The van der Waals surface area contributed by atoms with E-state index in [1.54, 1.807) is 0 Å². The molecule has 0 spiro atoms. The number of carbonyl (C=O) groups excluding carboxylic acids is 1. The molecule has 5 heteroatoms. The van der Waals surface area contributed by atoms with Crippen LogP contribution in [-0.4, -0.2) is 67.2 Å². The monoisotopic (exact) mass is 269 g/mol. The van der Waals surface area contributed by atoms with Gasteiger partial charge in [0, 0.05) is 32.2 Å². The third-order valence-corrected chi connectivity index (χ3v) is 4.72. The number of amides is 1. The van der Waals surface area contributed by atoms with Gasteiger partial charge in [0.15, 0.2) is 0 Å². The minimum Gasteiger partial charge on any atom is -0.364 e. The molecule has 19 heavy (non-hydrogen) atoms. The van der Waals surface area contributed by atoms with Crippen molar-refractivity contribution in [3.05, 3.63) is 0 Å². The van der Waals surface area contributed by atoms with Crippen molar-refractivity contribution in [2.75, 3.05) is 27.2 Å². The summed E-state index contributed by atoms with van der Waals surface area (Å²) in [6, 6.07) is 0.884. The molecule has 0 aromatic carbocycles. The molecule has 2 aliphatic rings. The average molecular weight is 269 g/mol. The Labute approximate surface area is 116 Å². The van der Waals surface area contributed by atoms with Gasteiger partial charge in [-0.05, 0) is 39.7 Å². The molecule has 0 saturated carbocycles. The van der Waals surface area contributed by atoms with Crippen LogP contribution in [0.25, 0.3) is 0 Å². The highest BCUT2D eigenvalue weighted by Crippen LogP contribution is 2.24. The van der Waals surface area contributed by atoms with Crippen molar-refractivity contribution < 1.29 is 9.53 Å². The molecule has 2 unspecified atom stereocenters. The molecular weight excluding hydrogens is 242 g/mol. The lowest BCUT2D eigenvalue weighted by atomic mass is 9.97. The molecule has 0 radical (unpaired) electrons. The average Bonchev–Trinajstić information content (AvgIpc) is 2.89. The van der Waals surface area contributed by atoms with E-state index in [1.165, 1.54) is 0 Å². The highest BCUT2D eigenvalue weighted by molar-refractivity contribution is 5.81.